The van der Waals surface area contributed by atoms with Crippen molar-refractivity contribution in [3.63, 3.8) is 0 Å². The summed E-state index contributed by atoms with van der Waals surface area (Å²) in [5, 5.41) is 3.79. The van der Waals surface area contributed by atoms with E-state index in [4.69, 9.17) is 5.73 Å². The number of amides is 1. The lowest BCUT2D eigenvalue weighted by Gasteiger charge is -2.10. The van der Waals surface area contributed by atoms with Gasteiger partial charge in [0.15, 0.2) is 0 Å². The lowest BCUT2D eigenvalue weighted by atomic mass is 10.1. The van der Waals surface area contributed by atoms with Crippen LogP contribution in [0.4, 0.5) is 11.4 Å². The fourth-order valence-electron chi connectivity index (χ4n) is 3.02. The number of nitrogens with two attached hydrogens (primary N) is 1. The molecule has 134 valence electrons. The molecule has 0 fully saturated rings. The monoisotopic (exact) mass is 374 g/mol. The molecule has 0 unspecified atom stereocenters. The minimum Gasteiger partial charge on any atom is -0.397 e. The number of fused-ring (bicyclic) bond motifs is 1. The Balaban J connectivity index is 1.72. The van der Waals surface area contributed by atoms with Crippen molar-refractivity contribution in [2.24, 2.45) is 0 Å². The van der Waals surface area contributed by atoms with Crippen LogP contribution in [-0.2, 0) is 0 Å². The molecule has 4 aromatic rings. The Hall–Kier alpha value is -3.25. The van der Waals surface area contributed by atoms with E-state index in [1.54, 1.807) is 12.4 Å². The van der Waals surface area contributed by atoms with Crippen molar-refractivity contribution in [1.82, 2.24) is 9.97 Å². The summed E-state index contributed by atoms with van der Waals surface area (Å²) in [6.45, 7) is 3.94. The Morgan fingerprint density at radius 2 is 1.85 bits per heavy atom. The number of para-hydroxylation sites is 1. The normalized spacial score (nSPS) is 10.9. The third kappa shape index (κ3) is 3.15. The number of nitrogens with one attached hydrogen (secondary N) is 1. The fourth-order valence-corrected chi connectivity index (χ4v) is 4.01. The van der Waals surface area contributed by atoms with Gasteiger partial charge in [-0.05, 0) is 49.2 Å². The number of rotatable bonds is 3. The number of aromatic nitrogens is 2. The zero-order valence-corrected chi connectivity index (χ0v) is 15.8. The highest BCUT2D eigenvalue weighted by Crippen LogP contribution is 2.35. The molecule has 3 aromatic heterocycles. The van der Waals surface area contributed by atoms with Gasteiger partial charge in [0.25, 0.3) is 5.91 Å². The van der Waals surface area contributed by atoms with Gasteiger partial charge in [0, 0.05) is 29.0 Å². The second-order valence-electron chi connectivity index (χ2n) is 6.36. The zero-order chi connectivity index (χ0) is 19.0. The number of hydrogen-bond donors (Lipinski definition) is 2. The van der Waals surface area contributed by atoms with Gasteiger partial charge >= 0.3 is 0 Å². The first-order valence-corrected chi connectivity index (χ1v) is 9.33. The van der Waals surface area contributed by atoms with Gasteiger partial charge in [-0.2, -0.15) is 0 Å². The van der Waals surface area contributed by atoms with Crippen molar-refractivity contribution in [1.29, 1.82) is 0 Å². The van der Waals surface area contributed by atoms with Crippen LogP contribution >= 0.6 is 11.3 Å². The molecule has 0 saturated carbocycles. The number of aryl methyl sites for hydroxylation is 2. The van der Waals surface area contributed by atoms with E-state index in [-0.39, 0.29) is 5.91 Å². The largest absolute Gasteiger partial charge is 0.397 e. The van der Waals surface area contributed by atoms with Crippen molar-refractivity contribution in [3.05, 3.63) is 70.9 Å². The maximum Gasteiger partial charge on any atom is 0.267 e. The SMILES string of the molecule is Cc1cccc(C)c1NC(=O)c1sc2nc(-c3cccnc3)ccc2c1N. The molecule has 0 bridgehead atoms. The molecule has 3 N–H and O–H groups in total. The van der Waals surface area contributed by atoms with Crippen LogP contribution in [0, 0.1) is 13.8 Å². The molecule has 0 aliphatic heterocycles. The van der Waals surface area contributed by atoms with Crippen LogP contribution < -0.4 is 11.1 Å². The van der Waals surface area contributed by atoms with Crippen molar-refractivity contribution in [2.45, 2.75) is 13.8 Å². The number of hydrogen-bond acceptors (Lipinski definition) is 5. The van der Waals surface area contributed by atoms with Crippen LogP contribution in [0.25, 0.3) is 21.5 Å². The molecule has 1 amide bonds. The Morgan fingerprint density at radius 1 is 1.07 bits per heavy atom. The zero-order valence-electron chi connectivity index (χ0n) is 15.0. The van der Waals surface area contributed by atoms with E-state index in [0.717, 1.165) is 38.3 Å². The standard InChI is InChI=1S/C21H18N4OS/c1-12-5-3-6-13(2)18(12)25-20(26)19-17(22)15-8-9-16(24-21(15)27-19)14-7-4-10-23-11-14/h3-11H,22H2,1-2H3,(H,25,26). The predicted molar refractivity (Wildman–Crippen MR) is 111 cm³/mol. The van der Waals surface area contributed by atoms with Crippen molar-refractivity contribution in [3.8, 4) is 11.3 Å². The van der Waals surface area contributed by atoms with Gasteiger partial charge in [-0.15, -0.1) is 11.3 Å². The molecule has 0 aliphatic rings. The lowest BCUT2D eigenvalue weighted by molar-refractivity contribution is 0.103. The van der Waals surface area contributed by atoms with Gasteiger partial charge in [0.1, 0.15) is 9.71 Å². The highest BCUT2D eigenvalue weighted by molar-refractivity contribution is 7.21. The summed E-state index contributed by atoms with van der Waals surface area (Å²) >= 11 is 1.30. The third-order valence-electron chi connectivity index (χ3n) is 4.48. The lowest BCUT2D eigenvalue weighted by Crippen LogP contribution is -2.13. The van der Waals surface area contributed by atoms with Crippen LogP contribution in [-0.4, -0.2) is 15.9 Å². The molecular formula is C21H18N4OS. The smallest absolute Gasteiger partial charge is 0.267 e. The first-order valence-electron chi connectivity index (χ1n) is 8.51. The van der Waals surface area contributed by atoms with Crippen molar-refractivity contribution < 1.29 is 4.79 Å². The highest BCUT2D eigenvalue weighted by atomic mass is 32.1. The molecule has 3 heterocycles. The maximum absolute atomic E-state index is 12.8. The number of nitrogens with zero attached hydrogens (tertiary/aromatic N) is 2. The van der Waals surface area contributed by atoms with Crippen molar-refractivity contribution in [2.75, 3.05) is 11.1 Å². The number of anilines is 2. The van der Waals surface area contributed by atoms with Gasteiger partial charge in [-0.3, -0.25) is 9.78 Å². The summed E-state index contributed by atoms with van der Waals surface area (Å²) in [5.74, 6) is -0.212. The van der Waals surface area contributed by atoms with E-state index in [1.807, 2.05) is 56.3 Å². The molecule has 0 spiro atoms. The maximum atomic E-state index is 12.8. The van der Waals surface area contributed by atoms with Crippen LogP contribution in [0.15, 0.2) is 54.9 Å². The van der Waals surface area contributed by atoms with E-state index in [9.17, 15) is 4.79 Å². The average molecular weight is 374 g/mol. The molecule has 4 rings (SSSR count). The van der Waals surface area contributed by atoms with E-state index < -0.39 is 0 Å². The van der Waals surface area contributed by atoms with Gasteiger partial charge in [0.2, 0.25) is 0 Å². The Morgan fingerprint density at radius 3 is 2.56 bits per heavy atom. The number of carbonyl (C=O) groups is 1. The Labute approximate surface area is 160 Å². The number of benzene rings is 1. The first-order chi connectivity index (χ1) is 13.0. The van der Waals surface area contributed by atoms with E-state index >= 15 is 0 Å². The summed E-state index contributed by atoms with van der Waals surface area (Å²) in [6.07, 6.45) is 3.49. The number of carbonyl (C=O) groups excluding carboxylic acids is 1. The Bertz CT molecular complexity index is 1130. The minimum absolute atomic E-state index is 0.212. The Kier molecular flexibility index (Phi) is 4.33. The number of nitrogen functional groups attached to an aromatic ring is 1. The first kappa shape index (κ1) is 17.2. The topological polar surface area (TPSA) is 80.9 Å². The third-order valence-corrected chi connectivity index (χ3v) is 5.59. The van der Waals surface area contributed by atoms with E-state index in [1.165, 1.54) is 11.3 Å². The molecule has 5 nitrogen and oxygen atoms in total. The van der Waals surface area contributed by atoms with Gasteiger partial charge < -0.3 is 11.1 Å². The average Bonchev–Trinajstić information content (AvgIpc) is 3.01. The molecule has 1 aromatic carbocycles. The van der Waals surface area contributed by atoms with Crippen LogP contribution in [0.3, 0.4) is 0 Å². The van der Waals surface area contributed by atoms with Crippen LogP contribution in [0.5, 0.6) is 0 Å². The summed E-state index contributed by atoms with van der Waals surface area (Å²) in [6, 6.07) is 13.5. The summed E-state index contributed by atoms with van der Waals surface area (Å²) < 4.78 is 0. The number of pyridine rings is 2. The highest BCUT2D eigenvalue weighted by Gasteiger charge is 2.19. The molecule has 0 saturated heterocycles. The van der Waals surface area contributed by atoms with Crippen molar-refractivity contribution >= 4 is 38.8 Å². The summed E-state index contributed by atoms with van der Waals surface area (Å²) in [4.78, 5) is 22.9. The second-order valence-corrected chi connectivity index (χ2v) is 7.36. The molecule has 0 radical (unpaired) electrons. The predicted octanol–water partition coefficient (Wildman–Crippen LogP) is 4.81. The van der Waals surface area contributed by atoms with Crippen LogP contribution in [0.1, 0.15) is 20.8 Å². The quantitative estimate of drug-likeness (QED) is 0.539. The van der Waals surface area contributed by atoms with Gasteiger partial charge in [-0.25, -0.2) is 4.98 Å². The second kappa shape index (κ2) is 6.81. The van der Waals surface area contributed by atoms with E-state index in [0.29, 0.717) is 10.6 Å². The van der Waals surface area contributed by atoms with Gasteiger partial charge in [0.05, 0.1) is 11.4 Å². The summed E-state index contributed by atoms with van der Waals surface area (Å²) in [7, 11) is 0. The molecular weight excluding hydrogens is 356 g/mol. The fraction of sp³-hybridized carbons (Fsp3) is 0.0952. The molecule has 0 atom stereocenters. The minimum atomic E-state index is -0.212. The molecule has 6 heteroatoms. The van der Waals surface area contributed by atoms with Gasteiger partial charge in [-0.1, -0.05) is 18.2 Å². The summed E-state index contributed by atoms with van der Waals surface area (Å²) in [5.41, 5.74) is 11.3. The van der Waals surface area contributed by atoms with E-state index in [2.05, 4.69) is 15.3 Å². The van der Waals surface area contributed by atoms with Crippen LogP contribution in [0.2, 0.25) is 0 Å². The molecule has 0 aliphatic carbocycles. The number of thiophene rings is 1. The molecule has 27 heavy (non-hydrogen) atoms.